The minimum absolute atomic E-state index is 0.0969. The monoisotopic (exact) mass is 319 g/mol. The van der Waals surface area contributed by atoms with Gasteiger partial charge in [0.1, 0.15) is 8.46 Å². The molecular formula is C12H19ClN3O3P. The number of amides is 1. The third-order valence-electron chi connectivity index (χ3n) is 2.85. The van der Waals surface area contributed by atoms with Gasteiger partial charge in [0, 0.05) is 31.2 Å². The van der Waals surface area contributed by atoms with Crippen LogP contribution in [0.2, 0.25) is 0 Å². The Bertz CT molecular complexity index is 470. The molecule has 1 rings (SSSR count). The lowest BCUT2D eigenvalue weighted by atomic mass is 10.1. The van der Waals surface area contributed by atoms with Crippen molar-refractivity contribution in [2.75, 3.05) is 31.5 Å². The molecule has 0 heterocycles. The predicted molar refractivity (Wildman–Crippen MR) is 81.8 cm³/mol. The average Bonchev–Trinajstić information content (AvgIpc) is 2.48. The van der Waals surface area contributed by atoms with Crippen LogP contribution in [0.25, 0.3) is 0 Å². The van der Waals surface area contributed by atoms with Crippen molar-refractivity contribution in [3.8, 4) is 0 Å². The maximum atomic E-state index is 12.0. The van der Waals surface area contributed by atoms with Crippen molar-refractivity contribution in [3.05, 3.63) is 29.8 Å². The Morgan fingerprint density at radius 1 is 1.45 bits per heavy atom. The number of hydrazine groups is 1. The molecule has 0 aliphatic heterocycles. The number of nitrogens with one attached hydrogen (secondary N) is 1. The summed E-state index contributed by atoms with van der Waals surface area (Å²) in [6.45, 7) is 0.0969. The largest absolute Gasteiger partial charge is 0.378 e. The Hall–Kier alpha value is -1.07. The lowest BCUT2D eigenvalue weighted by Gasteiger charge is -2.27. The third-order valence-corrected chi connectivity index (χ3v) is 4.10. The van der Waals surface area contributed by atoms with E-state index in [2.05, 4.69) is 0 Å². The second kappa shape index (κ2) is 7.64. The first-order valence-electron chi connectivity index (χ1n) is 5.97. The van der Waals surface area contributed by atoms with Gasteiger partial charge in [-0.25, -0.2) is 5.84 Å². The summed E-state index contributed by atoms with van der Waals surface area (Å²) in [6.07, 6.45) is 0. The summed E-state index contributed by atoms with van der Waals surface area (Å²) in [4.78, 5) is 13.9. The van der Waals surface area contributed by atoms with Crippen LogP contribution in [0, 0.1) is 0 Å². The molecule has 0 saturated carbocycles. The van der Waals surface area contributed by atoms with Gasteiger partial charge in [0.25, 0.3) is 5.91 Å². The van der Waals surface area contributed by atoms with Crippen LogP contribution in [0.5, 0.6) is 0 Å². The van der Waals surface area contributed by atoms with Crippen LogP contribution in [-0.4, -0.2) is 32.5 Å². The van der Waals surface area contributed by atoms with E-state index in [0.717, 1.165) is 5.69 Å². The first-order chi connectivity index (χ1) is 9.51. The minimum atomic E-state index is -1.59. The lowest BCUT2D eigenvalue weighted by molar-refractivity contribution is -0.137. The lowest BCUT2D eigenvalue weighted by Crippen LogP contribution is -2.46. The van der Waals surface area contributed by atoms with Gasteiger partial charge in [-0.1, -0.05) is 12.1 Å². The molecule has 2 unspecified atom stereocenters. The molecule has 1 aromatic rings. The Morgan fingerprint density at radius 2 is 2.05 bits per heavy atom. The molecule has 112 valence electrons. The van der Waals surface area contributed by atoms with Crippen LogP contribution in [-0.2, 0) is 19.4 Å². The molecule has 0 fully saturated rings. The number of carbonyl (C=O) groups excluding carboxylic acids is 1. The van der Waals surface area contributed by atoms with Crippen LogP contribution in [0.1, 0.15) is 5.56 Å². The smallest absolute Gasteiger partial charge is 0.277 e. The second-order valence-electron chi connectivity index (χ2n) is 4.31. The van der Waals surface area contributed by atoms with Crippen molar-refractivity contribution >= 4 is 31.7 Å². The zero-order chi connectivity index (χ0) is 15.2. The van der Waals surface area contributed by atoms with E-state index < -0.39 is 19.7 Å². The Labute approximate surface area is 124 Å². The standard InChI is InChI=1S/C12H19ClN3O3P/c1-16(2)10-5-3-9(4-6-10)12(20-18,11(17)15-14)19-8-7-13/h3-6H,7-8,14,20H2,1-2H3,(H,15,17). The summed E-state index contributed by atoms with van der Waals surface area (Å²) in [7, 11) is 2.21. The van der Waals surface area contributed by atoms with E-state index in [0.29, 0.717) is 5.56 Å². The predicted octanol–water partition coefficient (Wildman–Crippen LogP) is 0.907. The van der Waals surface area contributed by atoms with Crippen molar-refractivity contribution in [1.82, 2.24) is 5.43 Å². The molecule has 0 aliphatic rings. The third kappa shape index (κ3) is 3.52. The van der Waals surface area contributed by atoms with E-state index in [1.165, 1.54) is 0 Å². The maximum absolute atomic E-state index is 12.0. The first-order valence-corrected chi connectivity index (χ1v) is 7.55. The van der Waals surface area contributed by atoms with Crippen LogP contribution in [0.4, 0.5) is 5.69 Å². The molecule has 1 aromatic carbocycles. The number of hydrogen-bond donors (Lipinski definition) is 2. The van der Waals surface area contributed by atoms with E-state index in [1.807, 2.05) is 36.6 Å². The van der Waals surface area contributed by atoms with Gasteiger partial charge in [-0.05, 0) is 12.1 Å². The molecule has 2 atom stereocenters. The van der Waals surface area contributed by atoms with Crippen molar-refractivity contribution in [2.24, 2.45) is 5.84 Å². The van der Waals surface area contributed by atoms with Crippen LogP contribution < -0.4 is 16.2 Å². The van der Waals surface area contributed by atoms with Gasteiger partial charge < -0.3 is 14.2 Å². The summed E-state index contributed by atoms with van der Waals surface area (Å²) in [5.74, 6) is 4.72. The molecule has 0 bridgehead atoms. The van der Waals surface area contributed by atoms with Gasteiger partial charge in [0.2, 0.25) is 5.34 Å². The number of hydrogen-bond acceptors (Lipinski definition) is 5. The number of nitrogens with two attached hydrogens (primary N) is 1. The highest BCUT2D eigenvalue weighted by atomic mass is 35.5. The van der Waals surface area contributed by atoms with Crippen molar-refractivity contribution < 1.29 is 14.1 Å². The van der Waals surface area contributed by atoms with Crippen LogP contribution in [0.3, 0.4) is 0 Å². The van der Waals surface area contributed by atoms with E-state index in [-0.39, 0.29) is 12.5 Å². The number of anilines is 1. The fraction of sp³-hybridized carbons (Fsp3) is 0.417. The van der Waals surface area contributed by atoms with Crippen molar-refractivity contribution in [3.63, 3.8) is 0 Å². The van der Waals surface area contributed by atoms with E-state index in [4.69, 9.17) is 22.2 Å². The van der Waals surface area contributed by atoms with E-state index in [9.17, 15) is 9.36 Å². The minimum Gasteiger partial charge on any atom is -0.378 e. The summed E-state index contributed by atoms with van der Waals surface area (Å²) >= 11 is 5.58. The SMILES string of the molecule is CN(C)c1ccc(C(OCCCl)([PH2]=O)C(=O)NN)cc1. The second-order valence-corrected chi connectivity index (χ2v) is 5.73. The fourth-order valence-corrected chi connectivity index (χ4v) is 2.53. The molecule has 0 aromatic heterocycles. The summed E-state index contributed by atoms with van der Waals surface area (Å²) in [5.41, 5.74) is 3.44. The van der Waals surface area contributed by atoms with Crippen molar-refractivity contribution in [2.45, 2.75) is 5.34 Å². The number of carbonyl (C=O) groups is 1. The van der Waals surface area contributed by atoms with Crippen molar-refractivity contribution in [1.29, 1.82) is 0 Å². The average molecular weight is 320 g/mol. The van der Waals surface area contributed by atoms with Gasteiger partial charge >= 0.3 is 0 Å². The highest BCUT2D eigenvalue weighted by molar-refractivity contribution is 7.27. The number of rotatable bonds is 7. The zero-order valence-electron chi connectivity index (χ0n) is 11.4. The molecule has 0 aliphatic carbocycles. The molecule has 3 N–H and O–H groups in total. The number of nitrogens with zero attached hydrogens (tertiary/aromatic N) is 1. The quantitative estimate of drug-likeness (QED) is 0.256. The van der Waals surface area contributed by atoms with Gasteiger partial charge in [-0.3, -0.25) is 10.2 Å². The fourth-order valence-electron chi connectivity index (χ4n) is 1.75. The number of benzene rings is 1. The Balaban J connectivity index is 3.21. The first kappa shape index (κ1) is 17.0. The molecule has 1 amide bonds. The zero-order valence-corrected chi connectivity index (χ0v) is 13.3. The maximum Gasteiger partial charge on any atom is 0.277 e. The molecule has 0 radical (unpaired) electrons. The Kier molecular flexibility index (Phi) is 6.49. The molecule has 0 saturated heterocycles. The molecular weight excluding hydrogens is 301 g/mol. The van der Waals surface area contributed by atoms with E-state index in [1.54, 1.807) is 12.1 Å². The number of alkyl halides is 1. The number of ether oxygens (including phenoxy) is 1. The van der Waals surface area contributed by atoms with Gasteiger partial charge in [0.15, 0.2) is 0 Å². The molecule has 6 nitrogen and oxygen atoms in total. The molecule has 0 spiro atoms. The summed E-state index contributed by atoms with van der Waals surface area (Å²) < 4.78 is 17.1. The summed E-state index contributed by atoms with van der Waals surface area (Å²) in [6, 6.07) is 7.02. The van der Waals surface area contributed by atoms with Gasteiger partial charge in [0.05, 0.1) is 6.61 Å². The van der Waals surface area contributed by atoms with Crippen LogP contribution >= 0.6 is 20.1 Å². The molecule has 8 heteroatoms. The van der Waals surface area contributed by atoms with Crippen LogP contribution in [0.15, 0.2) is 24.3 Å². The topological polar surface area (TPSA) is 84.7 Å². The molecule has 20 heavy (non-hydrogen) atoms. The van der Waals surface area contributed by atoms with Gasteiger partial charge in [-0.2, -0.15) is 0 Å². The Morgan fingerprint density at radius 3 is 2.45 bits per heavy atom. The summed E-state index contributed by atoms with van der Waals surface area (Å²) in [5, 5.41) is -1.57. The normalized spacial score (nSPS) is 14.2. The number of halogens is 1. The van der Waals surface area contributed by atoms with E-state index >= 15 is 0 Å². The highest BCUT2D eigenvalue weighted by Crippen LogP contribution is 2.37. The van der Waals surface area contributed by atoms with Gasteiger partial charge in [-0.15, -0.1) is 11.6 Å². The highest BCUT2D eigenvalue weighted by Gasteiger charge is 2.40.